The lowest BCUT2D eigenvalue weighted by atomic mass is 9.54. The number of guanidine groups is 1. The van der Waals surface area contributed by atoms with E-state index < -0.39 is 0 Å². The summed E-state index contributed by atoms with van der Waals surface area (Å²) in [4.78, 5) is 4.87. The summed E-state index contributed by atoms with van der Waals surface area (Å²) in [5.74, 6) is 1.86. The summed E-state index contributed by atoms with van der Waals surface area (Å²) in [5.41, 5.74) is 7.36. The standard InChI is InChI=1S/C18H25N3O2.HI/c1-22-13-6-4-5-12(11-13)20-17(19)21-15-14-7-10-23-16(14)18(15)8-2-3-9-18;/h4-6,11,14-16H,2-3,7-10H2,1H3,(H3,19,20,21);1H. The summed E-state index contributed by atoms with van der Waals surface area (Å²) in [6, 6.07) is 8.07. The summed E-state index contributed by atoms with van der Waals surface area (Å²) in [7, 11) is 1.66. The maximum Gasteiger partial charge on any atom is 0.193 e. The summed E-state index contributed by atoms with van der Waals surface area (Å²) in [6.07, 6.45) is 6.59. The molecule has 1 spiro atoms. The van der Waals surface area contributed by atoms with Gasteiger partial charge in [0, 0.05) is 29.7 Å². The Balaban J connectivity index is 0.00000169. The molecule has 1 aromatic rings. The number of aliphatic imine (C=N–C) groups is 1. The summed E-state index contributed by atoms with van der Waals surface area (Å²) >= 11 is 0. The van der Waals surface area contributed by atoms with Crippen molar-refractivity contribution in [3.05, 3.63) is 24.3 Å². The van der Waals surface area contributed by atoms with Gasteiger partial charge in [-0.05, 0) is 31.4 Å². The zero-order valence-electron chi connectivity index (χ0n) is 14.0. The van der Waals surface area contributed by atoms with E-state index >= 15 is 0 Å². The summed E-state index contributed by atoms with van der Waals surface area (Å²) in [5, 5.41) is 3.21. The number of benzene rings is 1. The van der Waals surface area contributed by atoms with Crippen LogP contribution in [0.4, 0.5) is 5.69 Å². The molecule has 132 valence electrons. The molecule has 24 heavy (non-hydrogen) atoms. The molecule has 1 aliphatic heterocycles. The van der Waals surface area contributed by atoms with Gasteiger partial charge in [0.05, 0.1) is 19.3 Å². The number of ether oxygens (including phenoxy) is 2. The van der Waals surface area contributed by atoms with Crippen LogP contribution in [0.1, 0.15) is 32.1 Å². The van der Waals surface area contributed by atoms with Gasteiger partial charge >= 0.3 is 0 Å². The van der Waals surface area contributed by atoms with Gasteiger partial charge in [-0.25, -0.2) is 4.99 Å². The molecule has 6 heteroatoms. The van der Waals surface area contributed by atoms with Gasteiger partial charge in [0.1, 0.15) is 5.75 Å². The lowest BCUT2D eigenvalue weighted by Gasteiger charge is -2.54. The van der Waals surface area contributed by atoms with Crippen LogP contribution in [-0.4, -0.2) is 31.8 Å². The molecule has 1 saturated heterocycles. The second-order valence-electron chi connectivity index (χ2n) is 7.00. The van der Waals surface area contributed by atoms with Gasteiger partial charge in [0.25, 0.3) is 0 Å². The van der Waals surface area contributed by atoms with Crippen molar-refractivity contribution in [1.82, 2.24) is 0 Å². The number of halogens is 1. The lowest BCUT2D eigenvalue weighted by Crippen LogP contribution is -2.61. The van der Waals surface area contributed by atoms with Gasteiger partial charge in [-0.2, -0.15) is 0 Å². The number of nitrogens with one attached hydrogen (secondary N) is 1. The third-order valence-corrected chi connectivity index (χ3v) is 5.85. The van der Waals surface area contributed by atoms with E-state index in [4.69, 9.17) is 20.2 Å². The van der Waals surface area contributed by atoms with Gasteiger partial charge in [-0.3, -0.25) is 0 Å². The molecule has 0 amide bonds. The van der Waals surface area contributed by atoms with Crippen LogP contribution in [0.3, 0.4) is 0 Å². The SMILES string of the molecule is COc1cccc(NC(N)=NC2C3CCOC3C23CCCC3)c1.I. The predicted molar refractivity (Wildman–Crippen MR) is 106 cm³/mol. The van der Waals surface area contributed by atoms with E-state index in [2.05, 4.69) is 5.32 Å². The van der Waals surface area contributed by atoms with Crippen LogP contribution in [0.25, 0.3) is 0 Å². The Hall–Kier alpha value is -1.02. The minimum absolute atomic E-state index is 0. The highest BCUT2D eigenvalue weighted by molar-refractivity contribution is 14.0. The molecule has 1 aromatic carbocycles. The maximum atomic E-state index is 6.20. The van der Waals surface area contributed by atoms with Crippen LogP contribution in [0.2, 0.25) is 0 Å². The highest BCUT2D eigenvalue weighted by Crippen LogP contribution is 2.62. The molecule has 2 aliphatic carbocycles. The molecular formula is C18H26IN3O2. The van der Waals surface area contributed by atoms with Crippen LogP contribution < -0.4 is 15.8 Å². The molecule has 3 fully saturated rings. The van der Waals surface area contributed by atoms with Gasteiger partial charge in [0.15, 0.2) is 5.96 Å². The van der Waals surface area contributed by atoms with Crippen LogP contribution in [0, 0.1) is 11.3 Å². The van der Waals surface area contributed by atoms with Crippen LogP contribution in [0.15, 0.2) is 29.3 Å². The van der Waals surface area contributed by atoms with Crippen molar-refractivity contribution in [2.75, 3.05) is 19.0 Å². The largest absolute Gasteiger partial charge is 0.497 e. The fourth-order valence-electron chi connectivity index (χ4n) is 4.87. The van der Waals surface area contributed by atoms with E-state index in [-0.39, 0.29) is 29.4 Å². The molecule has 0 aromatic heterocycles. The van der Waals surface area contributed by atoms with Gasteiger partial charge < -0.3 is 20.5 Å². The highest BCUT2D eigenvalue weighted by Gasteiger charge is 2.65. The van der Waals surface area contributed by atoms with Crippen LogP contribution >= 0.6 is 24.0 Å². The molecule has 0 radical (unpaired) electrons. The van der Waals surface area contributed by atoms with E-state index in [0.717, 1.165) is 24.5 Å². The molecule has 3 N–H and O–H groups in total. The number of fused-ring (bicyclic) bond motifs is 2. The van der Waals surface area contributed by atoms with Crippen molar-refractivity contribution in [2.45, 2.75) is 44.2 Å². The van der Waals surface area contributed by atoms with E-state index in [1.165, 1.54) is 25.7 Å². The topological polar surface area (TPSA) is 68.9 Å². The van der Waals surface area contributed by atoms with Crippen LogP contribution in [-0.2, 0) is 4.74 Å². The van der Waals surface area contributed by atoms with Crippen LogP contribution in [0.5, 0.6) is 5.75 Å². The third-order valence-electron chi connectivity index (χ3n) is 5.85. The molecule has 0 bridgehead atoms. The van der Waals surface area contributed by atoms with E-state index in [1.54, 1.807) is 7.11 Å². The number of rotatable bonds is 3. The van der Waals surface area contributed by atoms with Crippen molar-refractivity contribution in [3.8, 4) is 5.75 Å². The summed E-state index contributed by atoms with van der Waals surface area (Å²) in [6.45, 7) is 0.881. The zero-order chi connectivity index (χ0) is 15.9. The molecule has 3 atom stereocenters. The van der Waals surface area contributed by atoms with Gasteiger partial charge in [0.2, 0.25) is 0 Å². The van der Waals surface area contributed by atoms with Gasteiger partial charge in [-0.15, -0.1) is 24.0 Å². The van der Waals surface area contributed by atoms with Crippen molar-refractivity contribution in [1.29, 1.82) is 0 Å². The minimum atomic E-state index is 0. The van der Waals surface area contributed by atoms with E-state index in [9.17, 15) is 0 Å². The summed E-state index contributed by atoms with van der Waals surface area (Å²) < 4.78 is 11.2. The molecule has 1 heterocycles. The molecule has 3 aliphatic rings. The van der Waals surface area contributed by atoms with E-state index in [1.807, 2.05) is 24.3 Å². The molecule has 4 rings (SSSR count). The molecule has 3 unspecified atom stereocenters. The number of methoxy groups -OCH3 is 1. The Kier molecular flexibility index (Phi) is 5.24. The minimum Gasteiger partial charge on any atom is -0.497 e. The third kappa shape index (κ3) is 2.87. The van der Waals surface area contributed by atoms with Gasteiger partial charge in [-0.1, -0.05) is 18.9 Å². The zero-order valence-corrected chi connectivity index (χ0v) is 16.4. The number of nitrogens with zero attached hydrogens (tertiary/aromatic N) is 1. The Labute approximate surface area is 160 Å². The first-order valence-corrected chi connectivity index (χ1v) is 8.59. The number of hydrogen-bond donors (Lipinski definition) is 2. The molecular weight excluding hydrogens is 417 g/mol. The fourth-order valence-corrected chi connectivity index (χ4v) is 4.87. The molecule has 2 saturated carbocycles. The Morgan fingerprint density at radius 2 is 2.17 bits per heavy atom. The maximum absolute atomic E-state index is 6.20. The first kappa shape index (κ1) is 17.8. The van der Waals surface area contributed by atoms with Crippen molar-refractivity contribution in [2.24, 2.45) is 22.1 Å². The average molecular weight is 443 g/mol. The second-order valence-corrected chi connectivity index (χ2v) is 7.00. The Bertz CT molecular complexity index is 616. The normalized spacial score (nSPS) is 30.4. The highest BCUT2D eigenvalue weighted by atomic mass is 127. The Morgan fingerprint density at radius 1 is 1.38 bits per heavy atom. The van der Waals surface area contributed by atoms with Crippen molar-refractivity contribution in [3.63, 3.8) is 0 Å². The average Bonchev–Trinajstić information content (AvgIpc) is 3.21. The molecule has 5 nitrogen and oxygen atoms in total. The monoisotopic (exact) mass is 443 g/mol. The Morgan fingerprint density at radius 3 is 2.92 bits per heavy atom. The smallest absolute Gasteiger partial charge is 0.193 e. The number of hydrogen-bond acceptors (Lipinski definition) is 3. The number of anilines is 1. The quantitative estimate of drug-likeness (QED) is 0.427. The van der Waals surface area contributed by atoms with E-state index in [0.29, 0.717) is 24.0 Å². The lowest BCUT2D eigenvalue weighted by molar-refractivity contribution is -0.117. The second kappa shape index (κ2) is 7.07. The van der Waals surface area contributed by atoms with Crippen molar-refractivity contribution >= 4 is 35.6 Å². The predicted octanol–water partition coefficient (Wildman–Crippen LogP) is 3.39. The fraction of sp³-hybridized carbons (Fsp3) is 0.611. The van der Waals surface area contributed by atoms with Crippen molar-refractivity contribution < 1.29 is 9.47 Å². The number of nitrogens with two attached hydrogens (primary N) is 1. The first-order chi connectivity index (χ1) is 11.2. The first-order valence-electron chi connectivity index (χ1n) is 8.59.